The van der Waals surface area contributed by atoms with Crippen molar-refractivity contribution in [2.24, 2.45) is 0 Å². The van der Waals surface area contributed by atoms with E-state index < -0.39 is 10.0 Å². The van der Waals surface area contributed by atoms with Crippen molar-refractivity contribution in [2.75, 3.05) is 20.1 Å². The van der Waals surface area contributed by atoms with E-state index in [2.05, 4.69) is 5.32 Å². The molecule has 2 aliphatic rings. The molecule has 1 aromatic carbocycles. The van der Waals surface area contributed by atoms with Crippen LogP contribution in [0.4, 0.5) is 0 Å². The predicted octanol–water partition coefficient (Wildman–Crippen LogP) is 1.55. The molecule has 0 saturated carbocycles. The third-order valence-corrected chi connectivity index (χ3v) is 6.48. The lowest BCUT2D eigenvalue weighted by molar-refractivity contribution is 0.296. The predicted molar refractivity (Wildman–Crippen MR) is 79.3 cm³/mol. The van der Waals surface area contributed by atoms with Crippen LogP contribution in [-0.4, -0.2) is 38.9 Å². The number of aryl methyl sites for hydroxylation is 2. The molecule has 1 heterocycles. The van der Waals surface area contributed by atoms with Gasteiger partial charge in [0.25, 0.3) is 0 Å². The third-order valence-electron chi connectivity index (χ3n) is 4.57. The molecule has 4 nitrogen and oxygen atoms in total. The summed E-state index contributed by atoms with van der Waals surface area (Å²) in [5.41, 5.74) is 2.53. The van der Waals surface area contributed by atoms with Crippen LogP contribution in [0.2, 0.25) is 0 Å². The molecule has 5 heteroatoms. The first-order valence-electron chi connectivity index (χ1n) is 7.39. The fourth-order valence-corrected chi connectivity index (χ4v) is 4.71. The molecule has 110 valence electrons. The number of nitrogens with one attached hydrogen (secondary N) is 1. The fourth-order valence-electron chi connectivity index (χ4n) is 3.24. The molecule has 1 aliphatic heterocycles. The van der Waals surface area contributed by atoms with E-state index in [1.165, 1.54) is 11.1 Å². The summed E-state index contributed by atoms with van der Waals surface area (Å²) in [6.45, 7) is 1.80. The van der Waals surface area contributed by atoms with Crippen molar-refractivity contribution < 1.29 is 8.42 Å². The second-order valence-corrected chi connectivity index (χ2v) is 7.78. The van der Waals surface area contributed by atoms with Crippen LogP contribution in [0.15, 0.2) is 23.1 Å². The molecule has 1 N–H and O–H groups in total. The lowest BCUT2D eigenvalue weighted by Crippen LogP contribution is -2.43. The molecule has 0 radical (unpaired) electrons. The van der Waals surface area contributed by atoms with E-state index >= 15 is 0 Å². The van der Waals surface area contributed by atoms with Gasteiger partial charge in [-0.3, -0.25) is 0 Å². The lowest BCUT2D eigenvalue weighted by atomic mass is 10.1. The van der Waals surface area contributed by atoms with Crippen molar-refractivity contribution in [3.8, 4) is 0 Å². The highest BCUT2D eigenvalue weighted by Crippen LogP contribution is 2.27. The van der Waals surface area contributed by atoms with Gasteiger partial charge in [-0.15, -0.1) is 0 Å². The Morgan fingerprint density at radius 2 is 1.85 bits per heavy atom. The second kappa shape index (κ2) is 5.47. The highest BCUT2D eigenvalue weighted by Gasteiger charge is 2.29. The molecule has 0 bridgehead atoms. The van der Waals surface area contributed by atoms with Crippen molar-refractivity contribution in [2.45, 2.75) is 43.0 Å². The summed E-state index contributed by atoms with van der Waals surface area (Å²) in [5, 5.41) is 3.27. The largest absolute Gasteiger partial charge is 0.317 e. The van der Waals surface area contributed by atoms with Gasteiger partial charge in [-0.25, -0.2) is 8.42 Å². The zero-order valence-electron chi connectivity index (χ0n) is 11.9. The number of nitrogens with zero attached hydrogens (tertiary/aromatic N) is 1. The first-order valence-corrected chi connectivity index (χ1v) is 8.83. The topological polar surface area (TPSA) is 49.4 Å². The molecule has 0 amide bonds. The number of fused-ring (bicyclic) bond motifs is 1. The molecule has 0 unspecified atom stereocenters. The summed E-state index contributed by atoms with van der Waals surface area (Å²) in [4.78, 5) is 0.458. The standard InChI is InChI=1S/C15H22N2O2S/c1-17(14-7-9-16-10-8-14)20(18,19)15-6-5-12-3-2-4-13(12)11-15/h5-6,11,14,16H,2-4,7-10H2,1H3. The Bertz CT molecular complexity index is 592. The molecule has 20 heavy (non-hydrogen) atoms. The van der Waals surface area contributed by atoms with E-state index in [-0.39, 0.29) is 6.04 Å². The Labute approximate surface area is 121 Å². The van der Waals surface area contributed by atoms with Crippen molar-refractivity contribution in [1.29, 1.82) is 0 Å². The Kier molecular flexibility index (Phi) is 3.84. The smallest absolute Gasteiger partial charge is 0.243 e. The SMILES string of the molecule is CN(C1CCNCC1)S(=O)(=O)c1ccc2c(c1)CCC2. The molecule has 1 saturated heterocycles. The van der Waals surface area contributed by atoms with E-state index in [0.717, 1.165) is 45.2 Å². The lowest BCUT2D eigenvalue weighted by Gasteiger charge is -2.31. The van der Waals surface area contributed by atoms with Crippen LogP contribution in [0.5, 0.6) is 0 Å². The highest BCUT2D eigenvalue weighted by atomic mass is 32.2. The first kappa shape index (κ1) is 14.0. The minimum atomic E-state index is -3.35. The summed E-state index contributed by atoms with van der Waals surface area (Å²) in [5.74, 6) is 0. The maximum Gasteiger partial charge on any atom is 0.243 e. The van der Waals surface area contributed by atoms with Gasteiger partial charge in [0.2, 0.25) is 10.0 Å². The van der Waals surface area contributed by atoms with Crippen LogP contribution in [0.1, 0.15) is 30.4 Å². The molecule has 1 aromatic rings. The Hall–Kier alpha value is -0.910. The van der Waals surface area contributed by atoms with Crippen LogP contribution < -0.4 is 5.32 Å². The molecule has 0 aromatic heterocycles. The van der Waals surface area contributed by atoms with Crippen LogP contribution in [0.25, 0.3) is 0 Å². The van der Waals surface area contributed by atoms with Crippen LogP contribution in [0, 0.1) is 0 Å². The Balaban J connectivity index is 1.87. The average Bonchev–Trinajstić information content (AvgIpc) is 2.94. The Morgan fingerprint density at radius 1 is 1.15 bits per heavy atom. The van der Waals surface area contributed by atoms with E-state index in [1.54, 1.807) is 17.4 Å². The van der Waals surface area contributed by atoms with E-state index in [0.29, 0.717) is 4.90 Å². The molecule has 1 fully saturated rings. The number of sulfonamides is 1. The second-order valence-electron chi connectivity index (χ2n) is 5.79. The quantitative estimate of drug-likeness (QED) is 0.920. The normalized spacial score (nSPS) is 20.3. The number of hydrogen-bond acceptors (Lipinski definition) is 3. The van der Waals surface area contributed by atoms with E-state index in [4.69, 9.17) is 0 Å². The number of piperidine rings is 1. The number of rotatable bonds is 3. The monoisotopic (exact) mass is 294 g/mol. The zero-order chi connectivity index (χ0) is 14.2. The van der Waals surface area contributed by atoms with Gasteiger partial charge < -0.3 is 5.32 Å². The third kappa shape index (κ3) is 2.50. The van der Waals surface area contributed by atoms with Gasteiger partial charge >= 0.3 is 0 Å². The van der Waals surface area contributed by atoms with E-state index in [9.17, 15) is 8.42 Å². The zero-order valence-corrected chi connectivity index (χ0v) is 12.7. The average molecular weight is 294 g/mol. The number of hydrogen-bond donors (Lipinski definition) is 1. The van der Waals surface area contributed by atoms with Crippen LogP contribution in [0.3, 0.4) is 0 Å². The van der Waals surface area contributed by atoms with Crippen LogP contribution in [-0.2, 0) is 22.9 Å². The molecule has 1 aliphatic carbocycles. The molecule has 0 spiro atoms. The summed E-state index contributed by atoms with van der Waals surface area (Å²) < 4.78 is 27.0. The van der Waals surface area contributed by atoms with Gasteiger partial charge in [0, 0.05) is 13.1 Å². The van der Waals surface area contributed by atoms with Gasteiger partial charge in [-0.2, -0.15) is 4.31 Å². The van der Waals surface area contributed by atoms with Gasteiger partial charge in [-0.1, -0.05) is 6.07 Å². The van der Waals surface area contributed by atoms with Crippen molar-refractivity contribution in [3.63, 3.8) is 0 Å². The van der Waals surface area contributed by atoms with E-state index in [1.807, 2.05) is 12.1 Å². The van der Waals surface area contributed by atoms with Gasteiger partial charge in [0.05, 0.1) is 4.90 Å². The maximum absolute atomic E-state index is 12.7. The highest BCUT2D eigenvalue weighted by molar-refractivity contribution is 7.89. The first-order chi connectivity index (χ1) is 9.59. The van der Waals surface area contributed by atoms with Gasteiger partial charge in [0.1, 0.15) is 0 Å². The summed E-state index contributed by atoms with van der Waals surface area (Å²) in [6, 6.07) is 5.77. The summed E-state index contributed by atoms with van der Waals surface area (Å²) in [6.07, 6.45) is 5.01. The summed E-state index contributed by atoms with van der Waals surface area (Å²) in [7, 11) is -1.63. The number of benzene rings is 1. The minimum Gasteiger partial charge on any atom is -0.317 e. The minimum absolute atomic E-state index is 0.120. The molecule has 0 atom stereocenters. The van der Waals surface area contributed by atoms with Crippen molar-refractivity contribution in [1.82, 2.24) is 9.62 Å². The van der Waals surface area contributed by atoms with Crippen molar-refractivity contribution in [3.05, 3.63) is 29.3 Å². The molecular formula is C15H22N2O2S. The fraction of sp³-hybridized carbons (Fsp3) is 0.600. The molecular weight excluding hydrogens is 272 g/mol. The summed E-state index contributed by atoms with van der Waals surface area (Å²) >= 11 is 0. The van der Waals surface area contributed by atoms with Gasteiger partial charge in [0.15, 0.2) is 0 Å². The van der Waals surface area contributed by atoms with Crippen LogP contribution >= 0.6 is 0 Å². The van der Waals surface area contributed by atoms with Gasteiger partial charge in [-0.05, 0) is 68.5 Å². The van der Waals surface area contributed by atoms with Crippen molar-refractivity contribution >= 4 is 10.0 Å². The maximum atomic E-state index is 12.7. The molecule has 3 rings (SSSR count). The Morgan fingerprint density at radius 3 is 2.60 bits per heavy atom.